The fourth-order valence-corrected chi connectivity index (χ4v) is 3.30. The second-order valence-electron chi connectivity index (χ2n) is 6.66. The van der Waals surface area contributed by atoms with Crippen molar-refractivity contribution in [3.63, 3.8) is 0 Å². The number of amides is 2. The van der Waals surface area contributed by atoms with Crippen LogP contribution in [0.2, 0.25) is 0 Å². The van der Waals surface area contributed by atoms with E-state index in [4.69, 9.17) is 5.21 Å². The van der Waals surface area contributed by atoms with E-state index in [1.807, 2.05) is 30.5 Å². The number of halogens is 1. The molecule has 0 radical (unpaired) electrons. The first-order valence-corrected chi connectivity index (χ1v) is 10.7. The molecule has 2 amide bonds. The van der Waals surface area contributed by atoms with E-state index < -0.39 is 5.91 Å². The Hall–Kier alpha value is -3.42. The Bertz CT molecular complexity index is 1080. The molecule has 5 nitrogen and oxygen atoms in total. The van der Waals surface area contributed by atoms with E-state index in [0.717, 1.165) is 16.0 Å². The quantitative estimate of drug-likeness (QED) is 0.167. The minimum absolute atomic E-state index is 0.240. The van der Waals surface area contributed by atoms with Crippen molar-refractivity contribution in [2.24, 2.45) is 0 Å². The van der Waals surface area contributed by atoms with Crippen LogP contribution in [0, 0.1) is 5.82 Å². The van der Waals surface area contributed by atoms with Gasteiger partial charge in [-0.3, -0.25) is 14.8 Å². The summed E-state index contributed by atoms with van der Waals surface area (Å²) in [5, 5.41) is 11.5. The van der Waals surface area contributed by atoms with Crippen LogP contribution in [0.1, 0.15) is 27.0 Å². The summed E-state index contributed by atoms with van der Waals surface area (Å²) < 4.78 is 13.4. The molecule has 0 aliphatic heterocycles. The van der Waals surface area contributed by atoms with Crippen molar-refractivity contribution in [1.29, 1.82) is 0 Å². The Kier molecular flexibility index (Phi) is 7.59. The summed E-state index contributed by atoms with van der Waals surface area (Å²) >= 11 is 1.63. The van der Waals surface area contributed by atoms with Gasteiger partial charge in [-0.25, -0.2) is 9.87 Å². The lowest BCUT2D eigenvalue weighted by molar-refractivity contribution is -0.115. The van der Waals surface area contributed by atoms with Crippen LogP contribution in [0.4, 0.5) is 4.39 Å². The lowest BCUT2D eigenvalue weighted by Gasteiger charge is -2.11. The molecule has 3 rings (SSSR count). The third kappa shape index (κ3) is 6.04. The second kappa shape index (κ2) is 10.6. The highest BCUT2D eigenvalue weighted by molar-refractivity contribution is 7.98. The molecule has 7 heteroatoms. The Morgan fingerprint density at radius 1 is 0.935 bits per heavy atom. The van der Waals surface area contributed by atoms with E-state index in [-0.39, 0.29) is 18.3 Å². The van der Waals surface area contributed by atoms with Crippen molar-refractivity contribution in [3.8, 4) is 0 Å². The Labute approximate surface area is 184 Å². The Morgan fingerprint density at radius 2 is 1.55 bits per heavy atom. The van der Waals surface area contributed by atoms with Crippen LogP contribution in [-0.2, 0) is 11.3 Å². The molecule has 0 aromatic heterocycles. The predicted octanol–water partition coefficient (Wildman–Crippen LogP) is 4.52. The smallest absolute Gasteiger partial charge is 0.274 e. The molecular weight excluding hydrogens is 415 g/mol. The molecule has 0 bridgehead atoms. The largest absolute Gasteiger partial charge is 0.348 e. The summed E-state index contributed by atoms with van der Waals surface area (Å²) in [7, 11) is 0. The van der Waals surface area contributed by atoms with Crippen molar-refractivity contribution in [2.45, 2.75) is 11.4 Å². The van der Waals surface area contributed by atoms with Gasteiger partial charge in [-0.05, 0) is 65.4 Å². The summed E-state index contributed by atoms with van der Waals surface area (Å²) in [4.78, 5) is 25.5. The van der Waals surface area contributed by atoms with E-state index in [0.29, 0.717) is 16.7 Å². The van der Waals surface area contributed by atoms with Gasteiger partial charge in [0.25, 0.3) is 11.8 Å². The van der Waals surface area contributed by atoms with E-state index >= 15 is 0 Å². The molecule has 0 aliphatic rings. The number of hydroxylamine groups is 1. The van der Waals surface area contributed by atoms with Crippen LogP contribution < -0.4 is 10.8 Å². The Morgan fingerprint density at radius 3 is 2.13 bits per heavy atom. The molecule has 0 fully saturated rings. The molecule has 158 valence electrons. The molecule has 3 aromatic carbocycles. The average molecular weight is 437 g/mol. The molecule has 0 atom stereocenters. The summed E-state index contributed by atoms with van der Waals surface area (Å²) in [5.74, 6) is -1.29. The van der Waals surface area contributed by atoms with Crippen LogP contribution in [-0.4, -0.2) is 23.3 Å². The van der Waals surface area contributed by atoms with E-state index in [2.05, 4.69) is 5.32 Å². The van der Waals surface area contributed by atoms with Crippen molar-refractivity contribution in [1.82, 2.24) is 10.8 Å². The average Bonchev–Trinajstić information content (AvgIpc) is 2.82. The molecule has 0 saturated heterocycles. The molecule has 0 unspecified atom stereocenters. The zero-order valence-electron chi connectivity index (χ0n) is 16.8. The minimum Gasteiger partial charge on any atom is -0.348 e. The molecule has 31 heavy (non-hydrogen) atoms. The highest BCUT2D eigenvalue weighted by Crippen LogP contribution is 2.22. The lowest BCUT2D eigenvalue weighted by atomic mass is 10.0. The monoisotopic (exact) mass is 436 g/mol. The summed E-state index contributed by atoms with van der Waals surface area (Å²) in [6.45, 7) is 0.240. The van der Waals surface area contributed by atoms with Gasteiger partial charge in [-0.2, -0.15) is 0 Å². The number of thioether (sulfide) groups is 1. The zero-order valence-corrected chi connectivity index (χ0v) is 17.6. The molecule has 0 aliphatic carbocycles. The van der Waals surface area contributed by atoms with E-state index in [1.54, 1.807) is 59.7 Å². The topological polar surface area (TPSA) is 78.4 Å². The van der Waals surface area contributed by atoms with Crippen LogP contribution in [0.25, 0.3) is 11.6 Å². The van der Waals surface area contributed by atoms with Crippen LogP contribution >= 0.6 is 11.8 Å². The number of carbonyl (C=O) groups excluding carboxylic acids is 2. The third-order valence-electron chi connectivity index (χ3n) is 4.60. The second-order valence-corrected chi connectivity index (χ2v) is 7.54. The minimum atomic E-state index is -0.607. The highest BCUT2D eigenvalue weighted by atomic mass is 32.2. The van der Waals surface area contributed by atoms with Crippen LogP contribution in [0.3, 0.4) is 0 Å². The number of rotatable bonds is 7. The maximum atomic E-state index is 13.4. The van der Waals surface area contributed by atoms with Gasteiger partial charge in [0.05, 0.1) is 0 Å². The van der Waals surface area contributed by atoms with Gasteiger partial charge >= 0.3 is 0 Å². The normalized spacial score (nSPS) is 11.1. The van der Waals surface area contributed by atoms with Gasteiger partial charge in [0.2, 0.25) is 0 Å². The first-order valence-electron chi connectivity index (χ1n) is 9.43. The van der Waals surface area contributed by atoms with Gasteiger partial charge < -0.3 is 5.32 Å². The molecule has 3 N–H and O–H groups in total. The van der Waals surface area contributed by atoms with Crippen LogP contribution in [0.5, 0.6) is 0 Å². The maximum absolute atomic E-state index is 13.4. The standard InChI is InChI=1S/C24H21FN2O3S/c1-31-21-12-4-16(5-13-21)14-22(18-8-10-20(25)11-9-18)24(29)26-15-17-2-6-19(7-3-17)23(28)27-30/h2-14,30H,15H2,1H3,(H,26,29)(H,27,28). The maximum Gasteiger partial charge on any atom is 0.274 e. The number of nitrogens with one attached hydrogen (secondary N) is 2. The van der Waals surface area contributed by atoms with E-state index in [9.17, 15) is 14.0 Å². The summed E-state index contributed by atoms with van der Waals surface area (Å²) in [5.41, 5.74) is 4.52. The first-order chi connectivity index (χ1) is 15.0. The molecular formula is C24H21FN2O3S. The SMILES string of the molecule is CSc1ccc(C=C(C(=O)NCc2ccc(C(=O)NO)cc2)c2ccc(F)cc2)cc1. The summed E-state index contributed by atoms with van der Waals surface area (Å²) in [6.07, 6.45) is 3.76. The molecule has 0 spiro atoms. The van der Waals surface area contributed by atoms with Gasteiger partial charge in [0, 0.05) is 22.6 Å². The fourth-order valence-electron chi connectivity index (χ4n) is 2.89. The number of hydrogen-bond acceptors (Lipinski definition) is 4. The molecule has 3 aromatic rings. The lowest BCUT2D eigenvalue weighted by Crippen LogP contribution is -2.24. The highest BCUT2D eigenvalue weighted by Gasteiger charge is 2.13. The van der Waals surface area contributed by atoms with Crippen molar-refractivity contribution < 1.29 is 19.2 Å². The number of hydrogen-bond donors (Lipinski definition) is 3. The number of carbonyl (C=O) groups is 2. The summed E-state index contributed by atoms with van der Waals surface area (Å²) in [6, 6.07) is 20.0. The van der Waals surface area contributed by atoms with E-state index in [1.165, 1.54) is 12.1 Å². The zero-order chi connectivity index (χ0) is 22.2. The first kappa shape index (κ1) is 22.3. The van der Waals surface area contributed by atoms with Crippen molar-refractivity contribution in [2.75, 3.05) is 6.26 Å². The van der Waals surface area contributed by atoms with Crippen molar-refractivity contribution in [3.05, 3.63) is 101 Å². The fraction of sp³-hybridized carbons (Fsp3) is 0.0833. The molecule has 0 heterocycles. The predicted molar refractivity (Wildman–Crippen MR) is 120 cm³/mol. The van der Waals surface area contributed by atoms with Crippen LogP contribution in [0.15, 0.2) is 77.7 Å². The third-order valence-corrected chi connectivity index (χ3v) is 5.34. The van der Waals surface area contributed by atoms with Gasteiger partial charge in [0.1, 0.15) is 5.82 Å². The van der Waals surface area contributed by atoms with Gasteiger partial charge in [-0.1, -0.05) is 36.4 Å². The Balaban J connectivity index is 1.81. The number of benzene rings is 3. The van der Waals surface area contributed by atoms with Gasteiger partial charge in [-0.15, -0.1) is 11.8 Å². The van der Waals surface area contributed by atoms with Gasteiger partial charge in [0.15, 0.2) is 0 Å². The molecule has 0 saturated carbocycles. The van der Waals surface area contributed by atoms with Crippen molar-refractivity contribution >= 4 is 35.2 Å².